The number of anilines is 1. The number of amidine groups is 1. The number of carbonyl (C=O) groups excluding carboxylic acids is 1. The molecule has 2 amide bonds. The molecule has 6 rings (SSSR count). The van der Waals surface area contributed by atoms with Crippen molar-refractivity contribution >= 4 is 17.6 Å². The van der Waals surface area contributed by atoms with E-state index in [1.54, 1.807) is 6.07 Å². The Kier molecular flexibility index (Phi) is 6.56. The zero-order chi connectivity index (χ0) is 25.6. The molecule has 6 heteroatoms. The van der Waals surface area contributed by atoms with Crippen molar-refractivity contribution in [3.8, 4) is 0 Å². The van der Waals surface area contributed by atoms with Crippen molar-refractivity contribution in [2.45, 2.75) is 82.8 Å². The van der Waals surface area contributed by atoms with E-state index in [0.29, 0.717) is 17.8 Å². The van der Waals surface area contributed by atoms with Crippen molar-refractivity contribution in [2.24, 2.45) is 10.9 Å². The number of aliphatic imine (C=N–C) groups is 1. The molecule has 0 N–H and O–H groups in total. The summed E-state index contributed by atoms with van der Waals surface area (Å²) in [4.78, 5) is 25.3. The van der Waals surface area contributed by atoms with Gasteiger partial charge in [0, 0.05) is 37.4 Å². The molecule has 3 atom stereocenters. The highest BCUT2D eigenvalue weighted by molar-refractivity contribution is 6.16. The minimum Gasteiger partial charge on any atom is -0.355 e. The molecule has 4 aliphatic rings. The minimum absolute atomic E-state index is 0.248. The van der Waals surface area contributed by atoms with Gasteiger partial charge in [0.05, 0.1) is 0 Å². The van der Waals surface area contributed by atoms with E-state index in [1.807, 2.05) is 11.0 Å². The van der Waals surface area contributed by atoms with E-state index in [-0.39, 0.29) is 11.8 Å². The van der Waals surface area contributed by atoms with Crippen LogP contribution in [0.4, 0.5) is 14.9 Å². The first kappa shape index (κ1) is 24.6. The molecule has 3 heterocycles. The van der Waals surface area contributed by atoms with Gasteiger partial charge in [0.2, 0.25) is 0 Å². The van der Waals surface area contributed by atoms with Gasteiger partial charge in [-0.15, -0.1) is 0 Å². The number of aryl methyl sites for hydroxylation is 1. The van der Waals surface area contributed by atoms with Gasteiger partial charge in [-0.1, -0.05) is 36.8 Å². The maximum Gasteiger partial charge on any atom is 0.350 e. The molecule has 0 bridgehead atoms. The average Bonchev–Trinajstić information content (AvgIpc) is 3.40. The summed E-state index contributed by atoms with van der Waals surface area (Å²) in [5, 5.41) is 0. The van der Waals surface area contributed by atoms with Crippen LogP contribution in [-0.2, 0) is 6.42 Å². The van der Waals surface area contributed by atoms with Gasteiger partial charge in [0.25, 0.3) is 0 Å². The Hall–Kier alpha value is -2.73. The van der Waals surface area contributed by atoms with Crippen molar-refractivity contribution in [2.75, 3.05) is 24.5 Å². The SMILES string of the molecule is Cc1ccccc1CC1CCCN1C1=NC(=O)N(c2cccc(F)c2)[C@@]12CCN(CC1CCC1)[C@H](C)C2. The second-order valence-corrected chi connectivity index (χ2v) is 11.8. The number of carbonyl (C=O) groups is 1. The van der Waals surface area contributed by atoms with Gasteiger partial charge in [0.1, 0.15) is 17.2 Å². The molecule has 3 aliphatic heterocycles. The number of hydrogen-bond donors (Lipinski definition) is 0. The van der Waals surface area contributed by atoms with Crippen molar-refractivity contribution in [3.05, 3.63) is 65.5 Å². The summed E-state index contributed by atoms with van der Waals surface area (Å²) in [7, 11) is 0. The van der Waals surface area contributed by atoms with Gasteiger partial charge in [-0.25, -0.2) is 9.18 Å². The van der Waals surface area contributed by atoms with Gasteiger partial charge in [-0.3, -0.25) is 4.90 Å². The van der Waals surface area contributed by atoms with Crippen LogP contribution in [0.3, 0.4) is 0 Å². The van der Waals surface area contributed by atoms with Crippen LogP contribution in [0.2, 0.25) is 0 Å². The molecule has 2 saturated heterocycles. The van der Waals surface area contributed by atoms with Gasteiger partial charge in [0.15, 0.2) is 0 Å². The Morgan fingerprint density at radius 2 is 1.89 bits per heavy atom. The van der Waals surface area contributed by atoms with E-state index in [0.717, 1.165) is 63.5 Å². The summed E-state index contributed by atoms with van der Waals surface area (Å²) in [6, 6.07) is 15.5. The van der Waals surface area contributed by atoms with Crippen LogP contribution < -0.4 is 4.90 Å². The quantitative estimate of drug-likeness (QED) is 0.488. The van der Waals surface area contributed by atoms with E-state index >= 15 is 0 Å². The highest BCUT2D eigenvalue weighted by Crippen LogP contribution is 2.44. The first-order chi connectivity index (χ1) is 17.9. The van der Waals surface area contributed by atoms with E-state index in [1.165, 1.54) is 42.5 Å². The lowest BCUT2D eigenvalue weighted by Crippen LogP contribution is -2.64. The number of hydrogen-bond acceptors (Lipinski definition) is 3. The van der Waals surface area contributed by atoms with Crippen LogP contribution in [0.15, 0.2) is 53.5 Å². The van der Waals surface area contributed by atoms with Crippen molar-refractivity contribution in [3.63, 3.8) is 0 Å². The van der Waals surface area contributed by atoms with Gasteiger partial charge in [-0.05, 0) is 94.0 Å². The molecular weight excluding hydrogens is 463 g/mol. The second kappa shape index (κ2) is 9.86. The minimum atomic E-state index is -0.533. The summed E-state index contributed by atoms with van der Waals surface area (Å²) in [5.74, 6) is 1.42. The van der Waals surface area contributed by atoms with Gasteiger partial charge < -0.3 is 9.80 Å². The molecule has 2 aromatic carbocycles. The van der Waals surface area contributed by atoms with E-state index < -0.39 is 5.54 Å². The summed E-state index contributed by atoms with van der Waals surface area (Å²) < 4.78 is 14.4. The maximum absolute atomic E-state index is 14.4. The Morgan fingerprint density at radius 1 is 1.05 bits per heavy atom. The fourth-order valence-corrected chi connectivity index (χ4v) is 7.21. The number of likely N-dealkylation sites (tertiary alicyclic amines) is 2. The smallest absolute Gasteiger partial charge is 0.350 e. The largest absolute Gasteiger partial charge is 0.355 e. The van der Waals surface area contributed by atoms with Crippen molar-refractivity contribution < 1.29 is 9.18 Å². The van der Waals surface area contributed by atoms with Crippen LogP contribution >= 0.6 is 0 Å². The Bertz CT molecular complexity index is 1190. The third-order valence-electron chi connectivity index (χ3n) is 9.46. The first-order valence-corrected chi connectivity index (χ1v) is 14.2. The molecular formula is C31H39FN4O. The zero-order valence-corrected chi connectivity index (χ0v) is 22.2. The summed E-state index contributed by atoms with van der Waals surface area (Å²) in [5.41, 5.74) is 2.77. The maximum atomic E-state index is 14.4. The lowest BCUT2D eigenvalue weighted by Gasteiger charge is -2.51. The first-order valence-electron chi connectivity index (χ1n) is 14.2. The standard InChI is InChI=1S/C31H39FN4O/c1-22-8-3-4-11-25(22)18-27-14-7-16-35(27)29-31(15-17-34(23(2)20-31)21-24-9-5-10-24)36(30(37)33-29)28-13-6-12-26(32)19-28/h3-4,6,8,11-13,19,23-24,27H,5,7,9-10,14-18,20-21H2,1-2H3/t23-,27?,31-/m1/s1. The fraction of sp³-hybridized carbons (Fsp3) is 0.548. The summed E-state index contributed by atoms with van der Waals surface area (Å²) >= 11 is 0. The molecule has 0 radical (unpaired) electrons. The topological polar surface area (TPSA) is 39.2 Å². The molecule has 1 spiro atoms. The van der Waals surface area contributed by atoms with Crippen LogP contribution in [-0.4, -0.2) is 58.9 Å². The van der Waals surface area contributed by atoms with Crippen LogP contribution in [0.25, 0.3) is 0 Å². The van der Waals surface area contributed by atoms with E-state index in [9.17, 15) is 9.18 Å². The number of piperidine rings is 1. The van der Waals surface area contributed by atoms with Crippen molar-refractivity contribution in [1.29, 1.82) is 0 Å². The molecule has 1 saturated carbocycles. The van der Waals surface area contributed by atoms with E-state index in [2.05, 4.69) is 47.9 Å². The van der Waals surface area contributed by atoms with Crippen LogP contribution in [0.1, 0.15) is 63.0 Å². The lowest BCUT2D eigenvalue weighted by atomic mass is 9.78. The summed E-state index contributed by atoms with van der Waals surface area (Å²) in [6.45, 7) is 7.49. The second-order valence-electron chi connectivity index (χ2n) is 11.8. The van der Waals surface area contributed by atoms with Gasteiger partial charge >= 0.3 is 6.03 Å². The molecule has 1 unspecified atom stereocenters. The number of nitrogens with zero attached hydrogens (tertiary/aromatic N) is 4. The average molecular weight is 503 g/mol. The van der Waals surface area contributed by atoms with Crippen LogP contribution in [0.5, 0.6) is 0 Å². The molecule has 3 fully saturated rings. The van der Waals surface area contributed by atoms with Gasteiger partial charge in [-0.2, -0.15) is 4.99 Å². The predicted octanol–water partition coefficient (Wildman–Crippen LogP) is 6.20. The molecule has 1 aliphatic carbocycles. The number of halogens is 1. The molecule has 37 heavy (non-hydrogen) atoms. The third-order valence-corrected chi connectivity index (χ3v) is 9.46. The number of amides is 2. The predicted molar refractivity (Wildman–Crippen MR) is 147 cm³/mol. The highest BCUT2D eigenvalue weighted by atomic mass is 19.1. The number of urea groups is 1. The summed E-state index contributed by atoms with van der Waals surface area (Å²) in [6.07, 6.45) is 8.84. The molecule has 2 aromatic rings. The van der Waals surface area contributed by atoms with Crippen LogP contribution in [0, 0.1) is 18.7 Å². The normalized spacial score (nSPS) is 28.7. The third kappa shape index (κ3) is 4.47. The number of benzene rings is 2. The lowest BCUT2D eigenvalue weighted by molar-refractivity contribution is 0.0875. The van der Waals surface area contributed by atoms with Crippen molar-refractivity contribution in [1.82, 2.24) is 9.80 Å². The molecule has 196 valence electrons. The zero-order valence-electron chi connectivity index (χ0n) is 22.2. The number of rotatable bonds is 5. The highest BCUT2D eigenvalue weighted by Gasteiger charge is 2.56. The Balaban J connectivity index is 1.34. The molecule has 5 nitrogen and oxygen atoms in total. The Labute approximate surface area is 220 Å². The molecule has 0 aromatic heterocycles. The van der Waals surface area contributed by atoms with E-state index in [4.69, 9.17) is 4.99 Å². The Morgan fingerprint density at radius 3 is 2.62 bits per heavy atom. The fourth-order valence-electron chi connectivity index (χ4n) is 7.21. The monoisotopic (exact) mass is 502 g/mol.